The second kappa shape index (κ2) is 7.96. The highest BCUT2D eigenvalue weighted by Gasteiger charge is 2.54. The van der Waals surface area contributed by atoms with E-state index >= 15 is 0 Å². The molecule has 4 bridgehead atoms. The molecule has 5 saturated carbocycles. The number of nitrogens with one attached hydrogen (secondary N) is 2. The van der Waals surface area contributed by atoms with Gasteiger partial charge in [0.15, 0.2) is 0 Å². The minimum atomic E-state index is -0.0326. The van der Waals surface area contributed by atoms with Crippen molar-refractivity contribution in [1.29, 1.82) is 0 Å². The third-order valence-electron chi connectivity index (χ3n) is 8.35. The van der Waals surface area contributed by atoms with Crippen LogP contribution in [0.3, 0.4) is 0 Å². The maximum Gasteiger partial charge on any atom is 0.226 e. The molecule has 1 amide bonds. The van der Waals surface area contributed by atoms with Crippen molar-refractivity contribution in [1.82, 2.24) is 15.3 Å². The van der Waals surface area contributed by atoms with Crippen LogP contribution in [0.4, 0.5) is 5.82 Å². The van der Waals surface area contributed by atoms with Crippen molar-refractivity contribution in [3.63, 3.8) is 0 Å². The summed E-state index contributed by atoms with van der Waals surface area (Å²) >= 11 is 6.32. The van der Waals surface area contributed by atoms with Gasteiger partial charge in [0.05, 0.1) is 0 Å². The van der Waals surface area contributed by atoms with Gasteiger partial charge in [-0.25, -0.2) is 9.97 Å². The molecule has 0 unspecified atom stereocenters. The van der Waals surface area contributed by atoms with Gasteiger partial charge in [-0.2, -0.15) is 0 Å². The summed E-state index contributed by atoms with van der Waals surface area (Å²) < 4.78 is 0. The number of hydrogen-bond donors (Lipinski definition) is 2. The molecule has 6 rings (SSSR count). The van der Waals surface area contributed by atoms with Crippen LogP contribution in [0.5, 0.6) is 0 Å². The number of aryl methyl sites for hydroxylation is 1. The molecule has 5 nitrogen and oxygen atoms in total. The van der Waals surface area contributed by atoms with Gasteiger partial charge in [0.1, 0.15) is 16.8 Å². The highest BCUT2D eigenvalue weighted by Crippen LogP contribution is 2.60. The van der Waals surface area contributed by atoms with E-state index in [9.17, 15) is 4.79 Å². The second-order valence-corrected chi connectivity index (χ2v) is 11.0. The lowest BCUT2D eigenvalue weighted by atomic mass is 9.49. The fourth-order valence-electron chi connectivity index (χ4n) is 7.30. The number of aromatic nitrogens is 2. The molecule has 0 atom stereocenters. The zero-order valence-electron chi connectivity index (χ0n) is 18.3. The molecule has 30 heavy (non-hydrogen) atoms. The van der Waals surface area contributed by atoms with Crippen LogP contribution in [-0.4, -0.2) is 28.0 Å². The molecule has 6 heteroatoms. The monoisotopic (exact) mass is 430 g/mol. The van der Waals surface area contributed by atoms with E-state index in [1.807, 2.05) is 6.92 Å². The number of anilines is 1. The van der Waals surface area contributed by atoms with Crippen LogP contribution in [0.2, 0.25) is 5.15 Å². The van der Waals surface area contributed by atoms with E-state index in [4.69, 9.17) is 11.6 Å². The zero-order chi connectivity index (χ0) is 20.9. The van der Waals surface area contributed by atoms with Gasteiger partial charge in [-0.1, -0.05) is 18.5 Å². The molecule has 1 heterocycles. The van der Waals surface area contributed by atoms with Crippen molar-refractivity contribution in [2.75, 3.05) is 5.32 Å². The molecular weight excluding hydrogens is 396 g/mol. The van der Waals surface area contributed by atoms with Gasteiger partial charge in [-0.05, 0) is 95.3 Å². The van der Waals surface area contributed by atoms with Crippen LogP contribution in [0.25, 0.3) is 0 Å². The molecular formula is C24H35ClN4O. The van der Waals surface area contributed by atoms with Gasteiger partial charge in [-0.3, -0.25) is 4.79 Å². The average Bonchev–Trinajstić information content (AvgIpc) is 2.68. The van der Waals surface area contributed by atoms with E-state index in [1.54, 1.807) is 0 Å². The quantitative estimate of drug-likeness (QED) is 0.641. The Bertz CT molecular complexity index is 782. The van der Waals surface area contributed by atoms with E-state index in [2.05, 4.69) is 27.5 Å². The SMILES string of the molecule is CCc1c(Cl)nc(C)nc1NC1CCC(NC(=O)C23CC4CC(CC(C4)C2)C3)CC1. The van der Waals surface area contributed by atoms with E-state index in [0.29, 0.717) is 29.0 Å². The van der Waals surface area contributed by atoms with Gasteiger partial charge >= 0.3 is 0 Å². The summed E-state index contributed by atoms with van der Waals surface area (Å²) in [6, 6.07) is 0.707. The van der Waals surface area contributed by atoms with Crippen LogP contribution >= 0.6 is 11.6 Å². The highest BCUT2D eigenvalue weighted by molar-refractivity contribution is 6.30. The molecule has 1 aromatic rings. The first-order chi connectivity index (χ1) is 14.4. The molecule has 5 aliphatic rings. The summed E-state index contributed by atoms with van der Waals surface area (Å²) in [4.78, 5) is 22.2. The molecule has 5 aliphatic carbocycles. The summed E-state index contributed by atoms with van der Waals surface area (Å²) in [5.74, 6) is 4.42. The summed E-state index contributed by atoms with van der Waals surface area (Å²) in [7, 11) is 0. The zero-order valence-corrected chi connectivity index (χ0v) is 19.1. The van der Waals surface area contributed by atoms with Gasteiger partial charge in [0, 0.05) is 23.1 Å². The van der Waals surface area contributed by atoms with Crippen molar-refractivity contribution in [3.8, 4) is 0 Å². The van der Waals surface area contributed by atoms with Gasteiger partial charge in [0.25, 0.3) is 0 Å². The third-order valence-corrected chi connectivity index (χ3v) is 8.66. The summed E-state index contributed by atoms with van der Waals surface area (Å²) in [5.41, 5.74) is 0.967. The lowest BCUT2D eigenvalue weighted by molar-refractivity contribution is -0.147. The maximum absolute atomic E-state index is 13.3. The Hall–Kier alpha value is -1.36. The van der Waals surface area contributed by atoms with Crippen LogP contribution in [0.1, 0.15) is 82.5 Å². The predicted octanol–water partition coefficient (Wildman–Crippen LogP) is 5.06. The fourth-order valence-corrected chi connectivity index (χ4v) is 7.64. The number of amides is 1. The minimum Gasteiger partial charge on any atom is -0.367 e. The lowest BCUT2D eigenvalue weighted by Gasteiger charge is -2.56. The predicted molar refractivity (Wildman–Crippen MR) is 120 cm³/mol. The second-order valence-electron chi connectivity index (χ2n) is 10.6. The number of carbonyl (C=O) groups is 1. The molecule has 164 valence electrons. The maximum atomic E-state index is 13.3. The number of rotatable bonds is 5. The minimum absolute atomic E-state index is 0.0326. The van der Waals surface area contributed by atoms with Crippen molar-refractivity contribution in [2.45, 2.75) is 96.6 Å². The number of carbonyl (C=O) groups excluding carboxylic acids is 1. The normalized spacial score (nSPS) is 37.2. The first-order valence-corrected chi connectivity index (χ1v) is 12.4. The van der Waals surface area contributed by atoms with Crippen molar-refractivity contribution < 1.29 is 4.79 Å². The van der Waals surface area contributed by atoms with Gasteiger partial charge < -0.3 is 10.6 Å². The first kappa shape index (κ1) is 20.5. The summed E-state index contributed by atoms with van der Waals surface area (Å²) in [5, 5.41) is 7.66. The van der Waals surface area contributed by atoms with Crippen molar-refractivity contribution >= 4 is 23.3 Å². The van der Waals surface area contributed by atoms with Gasteiger partial charge in [0.2, 0.25) is 5.91 Å². The van der Waals surface area contributed by atoms with E-state index in [0.717, 1.165) is 80.5 Å². The van der Waals surface area contributed by atoms with E-state index < -0.39 is 0 Å². The van der Waals surface area contributed by atoms with Crippen LogP contribution in [-0.2, 0) is 11.2 Å². The van der Waals surface area contributed by atoms with Crippen molar-refractivity contribution in [3.05, 3.63) is 16.5 Å². The first-order valence-electron chi connectivity index (χ1n) is 12.0. The molecule has 0 aromatic carbocycles. The van der Waals surface area contributed by atoms with Crippen LogP contribution in [0.15, 0.2) is 0 Å². The molecule has 0 spiro atoms. The summed E-state index contributed by atoms with van der Waals surface area (Å²) in [6.45, 7) is 3.97. The number of halogens is 1. The molecule has 2 N–H and O–H groups in total. The Balaban J connectivity index is 1.17. The molecule has 0 radical (unpaired) electrons. The lowest BCUT2D eigenvalue weighted by Crippen LogP contribution is -2.55. The number of nitrogens with zero attached hydrogens (tertiary/aromatic N) is 2. The Morgan fingerprint density at radius 3 is 2.13 bits per heavy atom. The summed E-state index contributed by atoms with van der Waals surface area (Å²) in [6.07, 6.45) is 12.6. The van der Waals surface area contributed by atoms with Crippen molar-refractivity contribution in [2.24, 2.45) is 23.2 Å². The Morgan fingerprint density at radius 2 is 1.57 bits per heavy atom. The molecule has 0 aliphatic heterocycles. The number of hydrogen-bond acceptors (Lipinski definition) is 4. The Morgan fingerprint density at radius 1 is 1.00 bits per heavy atom. The van der Waals surface area contributed by atoms with Gasteiger partial charge in [-0.15, -0.1) is 0 Å². The van der Waals surface area contributed by atoms with Crippen LogP contribution < -0.4 is 10.6 Å². The topological polar surface area (TPSA) is 66.9 Å². The van der Waals surface area contributed by atoms with E-state index in [1.165, 1.54) is 19.3 Å². The Kier molecular flexibility index (Phi) is 5.45. The third kappa shape index (κ3) is 3.83. The van der Waals surface area contributed by atoms with E-state index in [-0.39, 0.29) is 5.41 Å². The molecule has 5 fully saturated rings. The molecule has 1 aromatic heterocycles. The highest BCUT2D eigenvalue weighted by atomic mass is 35.5. The average molecular weight is 431 g/mol. The fraction of sp³-hybridized carbons (Fsp3) is 0.792. The largest absolute Gasteiger partial charge is 0.367 e. The smallest absolute Gasteiger partial charge is 0.226 e. The van der Waals surface area contributed by atoms with Crippen LogP contribution in [0, 0.1) is 30.1 Å². The Labute approximate surface area is 185 Å². The standard InChI is InChI=1S/C24H35ClN4O/c1-3-20-21(25)26-14(2)27-22(20)28-18-4-6-19(7-5-18)29-23(30)24-11-15-8-16(12-24)10-17(9-15)13-24/h15-19H,3-13H2,1-2H3,(H,29,30)(H,26,27,28). The molecule has 0 saturated heterocycles.